The minimum absolute atomic E-state index is 0.00109. The molecule has 0 radical (unpaired) electrons. The topological polar surface area (TPSA) is 46.2 Å². The molecule has 0 heterocycles. The van der Waals surface area contributed by atoms with E-state index in [0.717, 1.165) is 6.42 Å². The van der Waals surface area contributed by atoms with Crippen LogP contribution in [0.5, 0.6) is 0 Å². The first kappa shape index (κ1) is 11.5. The molecule has 0 bridgehead atoms. The molecule has 0 amide bonds. The molecular formula is C8H16BrNO2S. The molecule has 0 aromatic heterocycles. The van der Waals surface area contributed by atoms with Crippen molar-refractivity contribution in [1.82, 2.24) is 4.72 Å². The highest BCUT2D eigenvalue weighted by Crippen LogP contribution is 2.30. The van der Waals surface area contributed by atoms with E-state index in [4.69, 9.17) is 0 Å². The van der Waals surface area contributed by atoms with E-state index in [2.05, 4.69) is 27.6 Å². The van der Waals surface area contributed by atoms with E-state index in [1.807, 2.05) is 0 Å². The average Bonchev–Trinajstić information content (AvgIpc) is 2.48. The van der Waals surface area contributed by atoms with Crippen molar-refractivity contribution in [3.8, 4) is 0 Å². The molecule has 0 saturated heterocycles. The highest BCUT2D eigenvalue weighted by atomic mass is 79.9. The summed E-state index contributed by atoms with van der Waals surface area (Å²) in [6.07, 6.45) is 3.63. The van der Waals surface area contributed by atoms with Crippen molar-refractivity contribution in [3.63, 3.8) is 0 Å². The first-order chi connectivity index (χ1) is 6.05. The van der Waals surface area contributed by atoms with Gasteiger partial charge in [0.25, 0.3) is 0 Å². The van der Waals surface area contributed by atoms with Gasteiger partial charge in [-0.25, -0.2) is 13.1 Å². The molecule has 0 aromatic rings. The number of nitrogens with one attached hydrogen (secondary N) is 1. The summed E-state index contributed by atoms with van der Waals surface area (Å²) in [6.45, 7) is 2.80. The zero-order valence-corrected chi connectivity index (χ0v) is 10.2. The summed E-state index contributed by atoms with van der Waals surface area (Å²) in [5.74, 6) is 1.20. The van der Waals surface area contributed by atoms with Gasteiger partial charge in [-0.3, -0.25) is 0 Å². The standard InChI is InChI=1S/C8H16BrNO2S/c1-7-3-2-4-8(7)5-10-13(11,12)6-9/h7-8,10H,2-6H2,1H3. The predicted octanol–water partition coefficient (Wildman–Crippen LogP) is 1.69. The van der Waals surface area contributed by atoms with Crippen molar-refractivity contribution >= 4 is 26.0 Å². The smallest absolute Gasteiger partial charge is 0.214 e. The quantitative estimate of drug-likeness (QED) is 0.790. The second-order valence-corrected chi connectivity index (χ2v) is 6.85. The molecule has 2 atom stereocenters. The van der Waals surface area contributed by atoms with E-state index in [9.17, 15) is 8.42 Å². The number of alkyl halides is 1. The minimum atomic E-state index is -3.06. The van der Waals surface area contributed by atoms with Crippen molar-refractivity contribution in [1.29, 1.82) is 0 Å². The Morgan fingerprint density at radius 3 is 2.62 bits per heavy atom. The van der Waals surface area contributed by atoms with E-state index < -0.39 is 10.0 Å². The summed E-state index contributed by atoms with van der Waals surface area (Å²) < 4.78 is 24.8. The maximum atomic E-state index is 11.1. The van der Waals surface area contributed by atoms with E-state index in [0.29, 0.717) is 18.4 Å². The molecule has 13 heavy (non-hydrogen) atoms. The lowest BCUT2D eigenvalue weighted by Gasteiger charge is -2.15. The van der Waals surface area contributed by atoms with Gasteiger partial charge < -0.3 is 0 Å². The Bertz CT molecular complexity index is 253. The maximum absolute atomic E-state index is 11.1. The van der Waals surface area contributed by atoms with Gasteiger partial charge in [0.2, 0.25) is 10.0 Å². The Kier molecular flexibility index (Phi) is 4.19. The zero-order chi connectivity index (χ0) is 9.90. The number of sulfonamides is 1. The zero-order valence-electron chi connectivity index (χ0n) is 7.79. The summed E-state index contributed by atoms with van der Waals surface area (Å²) in [5, 5.41) is 0. The predicted molar refractivity (Wildman–Crippen MR) is 57.2 cm³/mol. The molecule has 1 fully saturated rings. The van der Waals surface area contributed by atoms with Crippen LogP contribution >= 0.6 is 15.9 Å². The van der Waals surface area contributed by atoms with Crippen LogP contribution in [0.4, 0.5) is 0 Å². The Morgan fingerprint density at radius 1 is 1.46 bits per heavy atom. The fraction of sp³-hybridized carbons (Fsp3) is 1.00. The van der Waals surface area contributed by atoms with Crippen molar-refractivity contribution in [2.75, 3.05) is 11.2 Å². The van der Waals surface area contributed by atoms with E-state index in [-0.39, 0.29) is 4.66 Å². The second-order valence-electron chi connectivity index (χ2n) is 3.74. The number of hydrogen-bond acceptors (Lipinski definition) is 2. The fourth-order valence-corrected chi connectivity index (χ4v) is 2.83. The highest BCUT2D eigenvalue weighted by molar-refractivity contribution is 9.10. The molecule has 0 aromatic carbocycles. The van der Waals surface area contributed by atoms with Gasteiger partial charge in [0, 0.05) is 6.54 Å². The molecule has 1 aliphatic rings. The van der Waals surface area contributed by atoms with Gasteiger partial charge >= 0.3 is 0 Å². The highest BCUT2D eigenvalue weighted by Gasteiger charge is 2.24. The molecule has 1 aliphatic carbocycles. The number of halogens is 1. The lowest BCUT2D eigenvalue weighted by atomic mass is 9.99. The third kappa shape index (κ3) is 3.56. The Balaban J connectivity index is 2.34. The van der Waals surface area contributed by atoms with Crippen molar-refractivity contribution in [2.24, 2.45) is 11.8 Å². The molecule has 2 unspecified atom stereocenters. The molecule has 1 N–H and O–H groups in total. The molecular weight excluding hydrogens is 254 g/mol. The molecule has 0 aliphatic heterocycles. The molecule has 78 valence electrons. The first-order valence-electron chi connectivity index (χ1n) is 4.58. The van der Waals surface area contributed by atoms with Gasteiger partial charge in [-0.05, 0) is 18.3 Å². The van der Waals surface area contributed by atoms with Gasteiger partial charge in [0.1, 0.15) is 4.66 Å². The molecule has 3 nitrogen and oxygen atoms in total. The van der Waals surface area contributed by atoms with Crippen LogP contribution in [0.25, 0.3) is 0 Å². The Morgan fingerprint density at radius 2 is 2.15 bits per heavy atom. The maximum Gasteiger partial charge on any atom is 0.221 e. The summed E-state index contributed by atoms with van der Waals surface area (Å²) >= 11 is 2.95. The van der Waals surface area contributed by atoms with Crippen LogP contribution in [-0.2, 0) is 10.0 Å². The van der Waals surface area contributed by atoms with Gasteiger partial charge in [-0.1, -0.05) is 35.7 Å². The first-order valence-corrected chi connectivity index (χ1v) is 7.36. The van der Waals surface area contributed by atoms with E-state index in [1.54, 1.807) is 0 Å². The van der Waals surface area contributed by atoms with Crippen molar-refractivity contribution in [2.45, 2.75) is 26.2 Å². The molecule has 1 saturated carbocycles. The van der Waals surface area contributed by atoms with Crippen LogP contribution in [0.1, 0.15) is 26.2 Å². The van der Waals surface area contributed by atoms with Crippen LogP contribution in [0.15, 0.2) is 0 Å². The van der Waals surface area contributed by atoms with Crippen LogP contribution in [0, 0.1) is 11.8 Å². The van der Waals surface area contributed by atoms with Gasteiger partial charge in [0.05, 0.1) is 0 Å². The van der Waals surface area contributed by atoms with E-state index in [1.165, 1.54) is 12.8 Å². The largest absolute Gasteiger partial charge is 0.221 e. The fourth-order valence-electron chi connectivity index (χ4n) is 1.80. The second kappa shape index (κ2) is 4.75. The third-order valence-electron chi connectivity index (χ3n) is 2.75. The normalized spacial score (nSPS) is 29.4. The average molecular weight is 270 g/mol. The van der Waals surface area contributed by atoms with Crippen molar-refractivity contribution in [3.05, 3.63) is 0 Å². The lowest BCUT2D eigenvalue weighted by Crippen LogP contribution is -2.30. The third-order valence-corrected chi connectivity index (χ3v) is 5.45. The summed E-state index contributed by atoms with van der Waals surface area (Å²) in [4.78, 5) is 0. The van der Waals surface area contributed by atoms with Gasteiger partial charge in [-0.15, -0.1) is 0 Å². The van der Waals surface area contributed by atoms with Crippen LogP contribution < -0.4 is 4.72 Å². The summed E-state index contributed by atoms with van der Waals surface area (Å²) in [5.41, 5.74) is 0. The molecule has 5 heteroatoms. The van der Waals surface area contributed by atoms with Crippen LogP contribution in [-0.4, -0.2) is 19.6 Å². The monoisotopic (exact) mass is 269 g/mol. The van der Waals surface area contributed by atoms with Crippen molar-refractivity contribution < 1.29 is 8.42 Å². The minimum Gasteiger partial charge on any atom is -0.214 e. The van der Waals surface area contributed by atoms with Gasteiger partial charge in [-0.2, -0.15) is 0 Å². The Hall–Kier alpha value is 0.390. The van der Waals surface area contributed by atoms with Crippen LogP contribution in [0.3, 0.4) is 0 Å². The number of hydrogen-bond donors (Lipinski definition) is 1. The molecule has 1 rings (SSSR count). The lowest BCUT2D eigenvalue weighted by molar-refractivity contribution is 0.415. The van der Waals surface area contributed by atoms with E-state index >= 15 is 0 Å². The number of rotatable bonds is 4. The van der Waals surface area contributed by atoms with Crippen LogP contribution in [0.2, 0.25) is 0 Å². The summed E-state index contributed by atoms with van der Waals surface area (Å²) in [7, 11) is -3.06. The Labute approximate surface area is 88.5 Å². The van der Waals surface area contributed by atoms with Gasteiger partial charge in [0.15, 0.2) is 0 Å². The molecule has 0 spiro atoms. The summed E-state index contributed by atoms with van der Waals surface area (Å²) in [6, 6.07) is 0. The SMILES string of the molecule is CC1CCCC1CNS(=O)(=O)CBr.